The first-order valence-electron chi connectivity index (χ1n) is 8.82. The minimum Gasteiger partial charge on any atom is -0.481 e. The standard InChI is InChI=1S/C20H32N2O2/c1-14(18(23)22-12-11-17(21)20(5,6)13-22)24-16-9-7-15(8-10-16)19(2,3)4/h7-10,14,17H,11-13,21H2,1-6H3. The van der Waals surface area contributed by atoms with E-state index >= 15 is 0 Å². The maximum atomic E-state index is 12.7. The summed E-state index contributed by atoms with van der Waals surface area (Å²) in [6.45, 7) is 14.0. The van der Waals surface area contributed by atoms with Crippen LogP contribution in [0.4, 0.5) is 0 Å². The van der Waals surface area contributed by atoms with E-state index in [9.17, 15) is 4.79 Å². The van der Waals surface area contributed by atoms with Crippen molar-refractivity contribution >= 4 is 5.91 Å². The predicted molar refractivity (Wildman–Crippen MR) is 98.2 cm³/mol. The van der Waals surface area contributed by atoms with Crippen molar-refractivity contribution in [3.63, 3.8) is 0 Å². The van der Waals surface area contributed by atoms with Crippen LogP contribution in [-0.4, -0.2) is 36.0 Å². The lowest BCUT2D eigenvalue weighted by Crippen LogP contribution is -2.56. The number of carbonyl (C=O) groups is 1. The number of hydrogen-bond acceptors (Lipinski definition) is 3. The number of piperidine rings is 1. The molecule has 1 aliphatic heterocycles. The summed E-state index contributed by atoms with van der Waals surface area (Å²) in [4.78, 5) is 14.6. The molecule has 24 heavy (non-hydrogen) atoms. The summed E-state index contributed by atoms with van der Waals surface area (Å²) in [5.41, 5.74) is 7.46. The van der Waals surface area contributed by atoms with Crippen LogP contribution in [0, 0.1) is 5.41 Å². The normalized spacial score (nSPS) is 22.1. The smallest absolute Gasteiger partial charge is 0.263 e. The molecule has 4 heteroatoms. The fourth-order valence-corrected chi connectivity index (χ4v) is 3.11. The average molecular weight is 332 g/mol. The number of nitrogens with zero attached hydrogens (tertiary/aromatic N) is 1. The van der Waals surface area contributed by atoms with Crippen LogP contribution in [0.25, 0.3) is 0 Å². The molecule has 2 unspecified atom stereocenters. The summed E-state index contributed by atoms with van der Waals surface area (Å²) in [6.07, 6.45) is 0.349. The van der Waals surface area contributed by atoms with Crippen molar-refractivity contribution in [3.8, 4) is 5.75 Å². The third-order valence-electron chi connectivity index (χ3n) is 5.00. The van der Waals surface area contributed by atoms with Crippen LogP contribution in [0.5, 0.6) is 5.75 Å². The number of ether oxygens (including phenoxy) is 1. The van der Waals surface area contributed by atoms with E-state index in [-0.39, 0.29) is 22.8 Å². The highest BCUT2D eigenvalue weighted by Gasteiger charge is 2.36. The molecule has 2 atom stereocenters. The number of carbonyl (C=O) groups excluding carboxylic acids is 1. The second-order valence-electron chi connectivity index (χ2n) is 8.68. The molecule has 1 amide bonds. The number of nitrogens with two attached hydrogens (primary N) is 1. The van der Waals surface area contributed by atoms with Gasteiger partial charge in [-0.3, -0.25) is 4.79 Å². The lowest BCUT2D eigenvalue weighted by Gasteiger charge is -2.43. The molecule has 1 fully saturated rings. The predicted octanol–water partition coefficient (Wildman–Crippen LogP) is 3.34. The van der Waals surface area contributed by atoms with Gasteiger partial charge in [-0.2, -0.15) is 0 Å². The van der Waals surface area contributed by atoms with E-state index in [1.807, 2.05) is 24.0 Å². The first kappa shape index (κ1) is 18.8. The van der Waals surface area contributed by atoms with E-state index in [1.54, 1.807) is 0 Å². The Kier molecular flexibility index (Phi) is 5.28. The monoisotopic (exact) mass is 332 g/mol. The molecule has 1 heterocycles. The maximum absolute atomic E-state index is 12.7. The van der Waals surface area contributed by atoms with Gasteiger partial charge in [0.2, 0.25) is 0 Å². The van der Waals surface area contributed by atoms with Gasteiger partial charge in [-0.1, -0.05) is 46.8 Å². The molecule has 1 aromatic carbocycles. The molecular weight excluding hydrogens is 300 g/mol. The SMILES string of the molecule is CC(Oc1ccc(C(C)(C)C)cc1)C(=O)N1CCC(N)C(C)(C)C1. The topological polar surface area (TPSA) is 55.6 Å². The zero-order valence-corrected chi connectivity index (χ0v) is 15.9. The van der Waals surface area contributed by atoms with Crippen LogP contribution < -0.4 is 10.5 Å². The van der Waals surface area contributed by atoms with E-state index in [2.05, 4.69) is 46.8 Å². The maximum Gasteiger partial charge on any atom is 0.263 e. The molecule has 2 rings (SSSR count). The fourth-order valence-electron chi connectivity index (χ4n) is 3.11. The molecule has 0 saturated carbocycles. The van der Waals surface area contributed by atoms with Gasteiger partial charge in [0.1, 0.15) is 5.75 Å². The summed E-state index contributed by atoms with van der Waals surface area (Å²) >= 11 is 0. The Morgan fingerprint density at radius 2 is 1.88 bits per heavy atom. The van der Waals surface area contributed by atoms with Crippen molar-refractivity contribution in [2.45, 2.75) is 65.5 Å². The van der Waals surface area contributed by atoms with Crippen LogP contribution >= 0.6 is 0 Å². The van der Waals surface area contributed by atoms with Gasteiger partial charge in [0, 0.05) is 19.1 Å². The van der Waals surface area contributed by atoms with Crippen molar-refractivity contribution in [3.05, 3.63) is 29.8 Å². The third-order valence-corrected chi connectivity index (χ3v) is 5.00. The highest BCUT2D eigenvalue weighted by atomic mass is 16.5. The van der Waals surface area contributed by atoms with Gasteiger partial charge < -0.3 is 15.4 Å². The largest absolute Gasteiger partial charge is 0.481 e. The first-order chi connectivity index (χ1) is 11.0. The van der Waals surface area contributed by atoms with Gasteiger partial charge in [0.15, 0.2) is 6.10 Å². The van der Waals surface area contributed by atoms with Gasteiger partial charge in [-0.25, -0.2) is 0 Å². The average Bonchev–Trinajstić information content (AvgIpc) is 2.48. The van der Waals surface area contributed by atoms with E-state index in [4.69, 9.17) is 10.5 Å². The Bertz CT molecular complexity index is 572. The molecule has 0 bridgehead atoms. The Morgan fingerprint density at radius 3 is 2.38 bits per heavy atom. The Hall–Kier alpha value is -1.55. The molecule has 4 nitrogen and oxygen atoms in total. The molecule has 0 radical (unpaired) electrons. The summed E-state index contributed by atoms with van der Waals surface area (Å²) < 4.78 is 5.87. The van der Waals surface area contributed by atoms with Crippen molar-refractivity contribution in [2.75, 3.05) is 13.1 Å². The van der Waals surface area contributed by atoms with Crippen LogP contribution in [-0.2, 0) is 10.2 Å². The number of amides is 1. The molecular formula is C20H32N2O2. The number of rotatable bonds is 3. The van der Waals surface area contributed by atoms with Crippen LogP contribution in [0.2, 0.25) is 0 Å². The highest BCUT2D eigenvalue weighted by Crippen LogP contribution is 2.29. The molecule has 134 valence electrons. The molecule has 0 aliphatic carbocycles. The summed E-state index contributed by atoms with van der Waals surface area (Å²) in [5.74, 6) is 0.770. The second kappa shape index (κ2) is 6.75. The summed E-state index contributed by atoms with van der Waals surface area (Å²) in [7, 11) is 0. The first-order valence-corrected chi connectivity index (χ1v) is 8.82. The zero-order valence-electron chi connectivity index (χ0n) is 15.9. The molecule has 0 aromatic heterocycles. The van der Waals surface area contributed by atoms with Gasteiger partial charge in [-0.05, 0) is 41.9 Å². The van der Waals surface area contributed by atoms with Gasteiger partial charge in [-0.15, -0.1) is 0 Å². The van der Waals surface area contributed by atoms with Gasteiger partial charge >= 0.3 is 0 Å². The Morgan fingerprint density at radius 1 is 1.29 bits per heavy atom. The van der Waals surface area contributed by atoms with Crippen molar-refractivity contribution < 1.29 is 9.53 Å². The number of benzene rings is 1. The Balaban J connectivity index is 1.99. The van der Waals surface area contributed by atoms with Gasteiger partial charge in [0.05, 0.1) is 0 Å². The fraction of sp³-hybridized carbons (Fsp3) is 0.650. The number of hydrogen-bond donors (Lipinski definition) is 1. The van der Waals surface area contributed by atoms with Crippen molar-refractivity contribution in [1.82, 2.24) is 4.90 Å². The molecule has 2 N–H and O–H groups in total. The lowest BCUT2D eigenvalue weighted by molar-refractivity contribution is -0.141. The lowest BCUT2D eigenvalue weighted by atomic mass is 9.79. The van der Waals surface area contributed by atoms with Crippen molar-refractivity contribution in [1.29, 1.82) is 0 Å². The molecule has 1 saturated heterocycles. The quantitative estimate of drug-likeness (QED) is 0.923. The van der Waals surface area contributed by atoms with E-state index in [0.717, 1.165) is 12.2 Å². The van der Waals surface area contributed by atoms with Crippen molar-refractivity contribution in [2.24, 2.45) is 11.1 Å². The minimum atomic E-state index is -0.490. The Labute approximate surface area is 146 Å². The molecule has 1 aliphatic rings. The summed E-state index contributed by atoms with van der Waals surface area (Å²) in [6, 6.07) is 8.16. The molecule has 1 aromatic rings. The van der Waals surface area contributed by atoms with Crippen LogP contribution in [0.3, 0.4) is 0 Å². The third kappa shape index (κ3) is 4.29. The van der Waals surface area contributed by atoms with E-state index < -0.39 is 6.10 Å². The second-order valence-corrected chi connectivity index (χ2v) is 8.68. The summed E-state index contributed by atoms with van der Waals surface area (Å²) in [5, 5.41) is 0. The van der Waals surface area contributed by atoms with E-state index in [0.29, 0.717) is 13.1 Å². The number of likely N-dealkylation sites (tertiary alicyclic amines) is 1. The van der Waals surface area contributed by atoms with Crippen LogP contribution in [0.1, 0.15) is 53.5 Å². The van der Waals surface area contributed by atoms with Crippen LogP contribution in [0.15, 0.2) is 24.3 Å². The highest BCUT2D eigenvalue weighted by molar-refractivity contribution is 5.81. The zero-order chi connectivity index (χ0) is 18.1. The van der Waals surface area contributed by atoms with E-state index in [1.165, 1.54) is 5.56 Å². The molecule has 0 spiro atoms. The minimum absolute atomic E-state index is 0.0369. The van der Waals surface area contributed by atoms with Gasteiger partial charge in [0.25, 0.3) is 5.91 Å².